The quantitative estimate of drug-likeness (QED) is 0.759. The maximum absolute atomic E-state index is 12.4. The minimum absolute atomic E-state index is 0.0762. The Labute approximate surface area is 121 Å². The molecule has 2 atom stereocenters. The van der Waals surface area contributed by atoms with Crippen LogP contribution in [0.25, 0.3) is 0 Å². The molecule has 0 bridgehead atoms. The summed E-state index contributed by atoms with van der Waals surface area (Å²) < 4.78 is 5.83. The first kappa shape index (κ1) is 15.3. The first-order chi connectivity index (χ1) is 9.47. The topological polar surface area (TPSA) is 49.9 Å². The maximum atomic E-state index is 12.4. The van der Waals surface area contributed by atoms with E-state index in [0.29, 0.717) is 25.4 Å². The van der Waals surface area contributed by atoms with E-state index in [1.54, 1.807) is 11.9 Å². The number of nitrogens with zero attached hydrogens (tertiary/aromatic N) is 2. The van der Waals surface area contributed by atoms with Crippen LogP contribution in [0.3, 0.4) is 0 Å². The fourth-order valence-corrected chi connectivity index (χ4v) is 2.82. The molecule has 2 amide bonds. The number of hydrogen-bond acceptors (Lipinski definition) is 3. The summed E-state index contributed by atoms with van der Waals surface area (Å²) in [4.78, 5) is 27.4. The van der Waals surface area contributed by atoms with E-state index in [-0.39, 0.29) is 23.8 Å². The van der Waals surface area contributed by atoms with Crippen LogP contribution in [0.4, 0.5) is 0 Å². The standard InChI is InChI=1S/C15H26N2O3/c1-11(2)5-7-20-13-4-6-17(10-13)15(19)12-8-14(18)16(3)9-12/h11-13H,4-10H2,1-3H3/t12-,13+/m1/s1. The van der Waals surface area contributed by atoms with Gasteiger partial charge >= 0.3 is 0 Å². The molecule has 2 fully saturated rings. The van der Waals surface area contributed by atoms with Crippen LogP contribution in [0, 0.1) is 11.8 Å². The van der Waals surface area contributed by atoms with Gasteiger partial charge in [0, 0.05) is 39.7 Å². The van der Waals surface area contributed by atoms with Crippen LogP contribution in [0.15, 0.2) is 0 Å². The van der Waals surface area contributed by atoms with Gasteiger partial charge in [0.05, 0.1) is 12.0 Å². The highest BCUT2D eigenvalue weighted by Gasteiger charge is 2.37. The molecule has 20 heavy (non-hydrogen) atoms. The zero-order valence-electron chi connectivity index (χ0n) is 12.8. The van der Waals surface area contributed by atoms with Crippen molar-refractivity contribution in [2.75, 3.05) is 33.3 Å². The van der Waals surface area contributed by atoms with Crippen molar-refractivity contribution in [3.8, 4) is 0 Å². The number of carbonyl (C=O) groups excluding carboxylic acids is 2. The molecule has 114 valence electrons. The maximum Gasteiger partial charge on any atom is 0.228 e. The van der Waals surface area contributed by atoms with Crippen LogP contribution in [0.5, 0.6) is 0 Å². The third-order valence-corrected chi connectivity index (χ3v) is 4.20. The second kappa shape index (κ2) is 6.57. The molecule has 5 heteroatoms. The zero-order valence-corrected chi connectivity index (χ0v) is 12.8. The predicted octanol–water partition coefficient (Wildman–Crippen LogP) is 1.13. The van der Waals surface area contributed by atoms with Crippen molar-refractivity contribution in [2.45, 2.75) is 39.2 Å². The largest absolute Gasteiger partial charge is 0.376 e. The lowest BCUT2D eigenvalue weighted by molar-refractivity contribution is -0.135. The summed E-state index contributed by atoms with van der Waals surface area (Å²) in [5.41, 5.74) is 0. The van der Waals surface area contributed by atoms with Crippen LogP contribution in [0.2, 0.25) is 0 Å². The fourth-order valence-electron chi connectivity index (χ4n) is 2.82. The lowest BCUT2D eigenvalue weighted by Gasteiger charge is -2.20. The summed E-state index contributed by atoms with van der Waals surface area (Å²) in [6.07, 6.45) is 2.52. The number of amides is 2. The Hall–Kier alpha value is -1.10. The van der Waals surface area contributed by atoms with Gasteiger partial charge in [0.1, 0.15) is 0 Å². The molecule has 0 N–H and O–H groups in total. The second-order valence-electron chi connectivity index (χ2n) is 6.42. The Morgan fingerprint density at radius 2 is 2.15 bits per heavy atom. The Kier molecular flexibility index (Phi) is 5.02. The molecule has 2 aliphatic rings. The van der Waals surface area contributed by atoms with Gasteiger partial charge < -0.3 is 14.5 Å². The molecule has 2 saturated heterocycles. The third kappa shape index (κ3) is 3.72. The average Bonchev–Trinajstić information content (AvgIpc) is 2.96. The van der Waals surface area contributed by atoms with Crippen molar-refractivity contribution in [3.63, 3.8) is 0 Å². The number of ether oxygens (including phenoxy) is 1. The minimum Gasteiger partial charge on any atom is -0.376 e. The van der Waals surface area contributed by atoms with E-state index in [2.05, 4.69) is 13.8 Å². The zero-order chi connectivity index (χ0) is 14.7. The fraction of sp³-hybridized carbons (Fsp3) is 0.867. The highest BCUT2D eigenvalue weighted by Crippen LogP contribution is 2.22. The molecule has 0 spiro atoms. The normalized spacial score (nSPS) is 26.9. The predicted molar refractivity (Wildman–Crippen MR) is 76.1 cm³/mol. The molecule has 0 unspecified atom stereocenters. The van der Waals surface area contributed by atoms with Crippen LogP contribution in [0.1, 0.15) is 33.1 Å². The molecule has 0 aromatic rings. The number of carbonyl (C=O) groups is 2. The van der Waals surface area contributed by atoms with Crippen molar-refractivity contribution < 1.29 is 14.3 Å². The first-order valence-corrected chi connectivity index (χ1v) is 7.61. The Morgan fingerprint density at radius 3 is 2.75 bits per heavy atom. The van der Waals surface area contributed by atoms with Gasteiger partial charge in [-0.3, -0.25) is 9.59 Å². The first-order valence-electron chi connectivity index (χ1n) is 7.61. The third-order valence-electron chi connectivity index (χ3n) is 4.20. The monoisotopic (exact) mass is 282 g/mol. The van der Waals surface area contributed by atoms with Gasteiger partial charge in [-0.25, -0.2) is 0 Å². The van der Waals surface area contributed by atoms with E-state index >= 15 is 0 Å². The molecule has 0 radical (unpaired) electrons. The molecule has 2 rings (SSSR count). The second-order valence-corrected chi connectivity index (χ2v) is 6.42. The Morgan fingerprint density at radius 1 is 1.40 bits per heavy atom. The van der Waals surface area contributed by atoms with E-state index in [9.17, 15) is 9.59 Å². The SMILES string of the molecule is CC(C)CCO[C@H]1CCN(C(=O)[C@@H]2CC(=O)N(C)C2)C1. The molecule has 0 aliphatic carbocycles. The summed E-state index contributed by atoms with van der Waals surface area (Å²) in [5.74, 6) is 0.695. The van der Waals surface area contributed by atoms with Crippen molar-refractivity contribution in [3.05, 3.63) is 0 Å². The molecule has 0 aromatic carbocycles. The average molecular weight is 282 g/mol. The van der Waals surface area contributed by atoms with E-state index in [4.69, 9.17) is 4.74 Å². The van der Waals surface area contributed by atoms with E-state index in [1.807, 2.05) is 4.90 Å². The van der Waals surface area contributed by atoms with Gasteiger partial charge in [0.25, 0.3) is 0 Å². The smallest absolute Gasteiger partial charge is 0.228 e. The van der Waals surface area contributed by atoms with Crippen LogP contribution in [-0.2, 0) is 14.3 Å². The molecule has 0 saturated carbocycles. The molecular formula is C15H26N2O3. The van der Waals surface area contributed by atoms with Gasteiger partial charge in [-0.15, -0.1) is 0 Å². The van der Waals surface area contributed by atoms with E-state index in [1.165, 1.54) is 0 Å². The number of rotatable bonds is 5. The summed E-state index contributed by atoms with van der Waals surface area (Å²) in [6.45, 7) is 7.15. The van der Waals surface area contributed by atoms with Gasteiger partial charge in [0.15, 0.2) is 0 Å². The molecule has 0 aromatic heterocycles. The van der Waals surface area contributed by atoms with Gasteiger partial charge in [-0.2, -0.15) is 0 Å². The van der Waals surface area contributed by atoms with E-state index < -0.39 is 0 Å². The summed E-state index contributed by atoms with van der Waals surface area (Å²) in [7, 11) is 1.76. The van der Waals surface area contributed by atoms with Crippen molar-refractivity contribution in [1.29, 1.82) is 0 Å². The number of hydrogen-bond donors (Lipinski definition) is 0. The van der Waals surface area contributed by atoms with Crippen molar-refractivity contribution >= 4 is 11.8 Å². The number of likely N-dealkylation sites (tertiary alicyclic amines) is 2. The van der Waals surface area contributed by atoms with Crippen LogP contribution in [-0.4, -0.2) is 61.0 Å². The molecular weight excluding hydrogens is 256 g/mol. The molecule has 2 aliphatic heterocycles. The van der Waals surface area contributed by atoms with Crippen LogP contribution < -0.4 is 0 Å². The van der Waals surface area contributed by atoms with Crippen molar-refractivity contribution in [2.24, 2.45) is 11.8 Å². The summed E-state index contributed by atoms with van der Waals surface area (Å²) >= 11 is 0. The van der Waals surface area contributed by atoms with E-state index in [0.717, 1.165) is 26.0 Å². The molecule has 5 nitrogen and oxygen atoms in total. The lowest BCUT2D eigenvalue weighted by atomic mass is 10.1. The summed E-state index contributed by atoms with van der Waals surface area (Å²) in [6, 6.07) is 0. The highest BCUT2D eigenvalue weighted by molar-refractivity contribution is 5.89. The van der Waals surface area contributed by atoms with Gasteiger partial charge in [0.2, 0.25) is 11.8 Å². The van der Waals surface area contributed by atoms with Crippen molar-refractivity contribution in [1.82, 2.24) is 9.80 Å². The highest BCUT2D eigenvalue weighted by atomic mass is 16.5. The van der Waals surface area contributed by atoms with Gasteiger partial charge in [-0.05, 0) is 18.8 Å². The van der Waals surface area contributed by atoms with Crippen LogP contribution >= 0.6 is 0 Å². The van der Waals surface area contributed by atoms with Gasteiger partial charge in [-0.1, -0.05) is 13.8 Å². The molecule has 2 heterocycles. The summed E-state index contributed by atoms with van der Waals surface area (Å²) in [5, 5.41) is 0. The minimum atomic E-state index is -0.151. The Bertz CT molecular complexity index is 370. The Balaban J connectivity index is 1.75. The lowest BCUT2D eigenvalue weighted by Crippen LogP contribution is -2.36.